The second-order valence-corrected chi connectivity index (χ2v) is 6.31. The summed E-state index contributed by atoms with van der Waals surface area (Å²) >= 11 is 1.44. The first-order chi connectivity index (χ1) is 10.6. The summed E-state index contributed by atoms with van der Waals surface area (Å²) in [4.78, 5) is 15.4. The quantitative estimate of drug-likeness (QED) is 0.890. The molecule has 2 N–H and O–H groups in total. The van der Waals surface area contributed by atoms with E-state index < -0.39 is 0 Å². The van der Waals surface area contributed by atoms with E-state index in [0.717, 1.165) is 11.4 Å². The van der Waals surface area contributed by atoms with E-state index in [0.29, 0.717) is 24.2 Å². The Morgan fingerprint density at radius 2 is 2.32 bits per heavy atom. The minimum atomic E-state index is -0.0954. The summed E-state index contributed by atoms with van der Waals surface area (Å²) in [7, 11) is 0. The molecule has 5 nitrogen and oxygen atoms in total. The highest BCUT2D eigenvalue weighted by Crippen LogP contribution is 2.35. The molecule has 0 radical (unpaired) electrons. The SMILES string of the molecule is CC(=O)Nc1nc(CN[C@H](C)[C@H]2COc3ccccc32)cs1. The first-order valence-corrected chi connectivity index (χ1v) is 8.18. The molecule has 1 amide bonds. The third-order valence-corrected chi connectivity index (χ3v) is 4.59. The molecule has 1 aromatic heterocycles. The maximum absolute atomic E-state index is 11.0. The lowest BCUT2D eigenvalue weighted by Gasteiger charge is -2.19. The molecule has 2 atom stereocenters. The molecular weight excluding hydrogens is 298 g/mol. The molecule has 2 heterocycles. The van der Waals surface area contributed by atoms with Gasteiger partial charge in [-0.1, -0.05) is 18.2 Å². The fraction of sp³-hybridized carbons (Fsp3) is 0.375. The van der Waals surface area contributed by atoms with Crippen LogP contribution < -0.4 is 15.4 Å². The van der Waals surface area contributed by atoms with E-state index in [4.69, 9.17) is 4.74 Å². The molecule has 0 saturated heterocycles. The summed E-state index contributed by atoms with van der Waals surface area (Å²) in [5, 5.41) is 8.81. The van der Waals surface area contributed by atoms with E-state index in [9.17, 15) is 4.79 Å². The Kier molecular flexibility index (Phi) is 4.40. The van der Waals surface area contributed by atoms with Crippen LogP contribution in [0.1, 0.15) is 31.0 Å². The number of para-hydroxylation sites is 1. The topological polar surface area (TPSA) is 63.2 Å². The van der Waals surface area contributed by atoms with Crippen LogP contribution >= 0.6 is 11.3 Å². The lowest BCUT2D eigenvalue weighted by atomic mass is 9.94. The summed E-state index contributed by atoms with van der Waals surface area (Å²) in [6.45, 7) is 5.04. The van der Waals surface area contributed by atoms with Gasteiger partial charge in [0.1, 0.15) is 5.75 Å². The van der Waals surface area contributed by atoms with E-state index in [-0.39, 0.29) is 11.9 Å². The molecule has 0 unspecified atom stereocenters. The molecule has 0 saturated carbocycles. The Bertz CT molecular complexity index is 671. The van der Waals surface area contributed by atoms with Crippen molar-refractivity contribution in [3.8, 4) is 5.75 Å². The Morgan fingerprint density at radius 1 is 1.50 bits per heavy atom. The van der Waals surface area contributed by atoms with Gasteiger partial charge in [0.25, 0.3) is 0 Å². The fourth-order valence-corrected chi connectivity index (χ4v) is 3.36. The maximum Gasteiger partial charge on any atom is 0.223 e. The highest BCUT2D eigenvalue weighted by molar-refractivity contribution is 7.13. The number of anilines is 1. The van der Waals surface area contributed by atoms with Gasteiger partial charge in [0.15, 0.2) is 5.13 Å². The number of nitrogens with zero attached hydrogens (tertiary/aromatic N) is 1. The van der Waals surface area contributed by atoms with E-state index >= 15 is 0 Å². The molecule has 2 aromatic rings. The standard InChI is InChI=1S/C16H19N3O2S/c1-10(14-8-21-15-6-4-3-5-13(14)15)17-7-12-9-22-16(19-12)18-11(2)20/h3-6,9-10,14,17H,7-8H2,1-2H3,(H,18,19,20)/t10-,14-/m1/s1. The third-order valence-electron chi connectivity index (χ3n) is 3.78. The number of carbonyl (C=O) groups excluding carboxylic acids is 1. The van der Waals surface area contributed by atoms with Gasteiger partial charge in [0.05, 0.1) is 12.3 Å². The number of thiazole rings is 1. The molecule has 3 rings (SSSR count). The second kappa shape index (κ2) is 6.46. The van der Waals surface area contributed by atoms with Crippen molar-refractivity contribution in [3.63, 3.8) is 0 Å². The van der Waals surface area contributed by atoms with Crippen LogP contribution in [0.25, 0.3) is 0 Å². The van der Waals surface area contributed by atoms with Gasteiger partial charge in [-0.05, 0) is 13.0 Å². The van der Waals surface area contributed by atoms with Gasteiger partial charge in [-0.2, -0.15) is 0 Å². The third kappa shape index (κ3) is 3.28. The fourth-order valence-electron chi connectivity index (χ4n) is 2.61. The van der Waals surface area contributed by atoms with Crippen molar-refractivity contribution in [2.45, 2.75) is 32.4 Å². The summed E-state index contributed by atoms with van der Waals surface area (Å²) in [5.41, 5.74) is 2.20. The van der Waals surface area contributed by atoms with E-state index in [1.807, 2.05) is 23.6 Å². The summed E-state index contributed by atoms with van der Waals surface area (Å²) in [5.74, 6) is 1.24. The number of benzene rings is 1. The first kappa shape index (κ1) is 15.0. The van der Waals surface area contributed by atoms with Gasteiger partial charge in [0, 0.05) is 36.4 Å². The smallest absolute Gasteiger partial charge is 0.223 e. The van der Waals surface area contributed by atoms with Crippen LogP contribution in [0.2, 0.25) is 0 Å². The monoisotopic (exact) mass is 317 g/mol. The normalized spacial score (nSPS) is 17.6. The van der Waals surface area contributed by atoms with Crippen LogP contribution in [0.3, 0.4) is 0 Å². The summed E-state index contributed by atoms with van der Waals surface area (Å²) in [6.07, 6.45) is 0. The number of nitrogens with one attached hydrogen (secondary N) is 2. The predicted octanol–water partition coefficient (Wildman–Crippen LogP) is 2.76. The highest BCUT2D eigenvalue weighted by Gasteiger charge is 2.28. The second-order valence-electron chi connectivity index (χ2n) is 5.45. The van der Waals surface area contributed by atoms with E-state index in [1.165, 1.54) is 23.8 Å². The Hall–Kier alpha value is -1.92. The zero-order valence-electron chi connectivity index (χ0n) is 12.6. The molecule has 1 aromatic carbocycles. The lowest BCUT2D eigenvalue weighted by molar-refractivity contribution is -0.114. The molecule has 0 bridgehead atoms. The van der Waals surface area contributed by atoms with Crippen molar-refractivity contribution < 1.29 is 9.53 Å². The van der Waals surface area contributed by atoms with Gasteiger partial charge in [0.2, 0.25) is 5.91 Å². The number of rotatable bonds is 5. The molecule has 0 aliphatic carbocycles. The van der Waals surface area contributed by atoms with Crippen LogP contribution in [0.15, 0.2) is 29.6 Å². The number of aromatic nitrogens is 1. The molecule has 0 fully saturated rings. The van der Waals surface area contributed by atoms with Crippen molar-refractivity contribution in [2.24, 2.45) is 0 Å². The van der Waals surface area contributed by atoms with Crippen molar-refractivity contribution >= 4 is 22.4 Å². The molecule has 1 aliphatic rings. The van der Waals surface area contributed by atoms with Gasteiger partial charge in [-0.3, -0.25) is 4.79 Å². The Labute approximate surface area is 133 Å². The van der Waals surface area contributed by atoms with Crippen molar-refractivity contribution in [2.75, 3.05) is 11.9 Å². The number of ether oxygens (including phenoxy) is 1. The molecule has 0 spiro atoms. The van der Waals surface area contributed by atoms with Crippen molar-refractivity contribution in [1.82, 2.24) is 10.3 Å². The van der Waals surface area contributed by atoms with E-state index in [2.05, 4.69) is 28.6 Å². The maximum atomic E-state index is 11.0. The van der Waals surface area contributed by atoms with Gasteiger partial charge in [-0.25, -0.2) is 4.98 Å². The molecule has 1 aliphatic heterocycles. The van der Waals surface area contributed by atoms with Gasteiger partial charge in [-0.15, -0.1) is 11.3 Å². The lowest BCUT2D eigenvalue weighted by Crippen LogP contribution is -2.32. The zero-order valence-corrected chi connectivity index (χ0v) is 13.4. The largest absolute Gasteiger partial charge is 0.493 e. The molecule has 116 valence electrons. The van der Waals surface area contributed by atoms with Crippen LogP contribution in [-0.4, -0.2) is 23.5 Å². The average Bonchev–Trinajstić information content (AvgIpc) is 3.10. The minimum Gasteiger partial charge on any atom is -0.493 e. The summed E-state index contributed by atoms with van der Waals surface area (Å²) in [6, 6.07) is 8.48. The van der Waals surface area contributed by atoms with E-state index in [1.54, 1.807) is 0 Å². The van der Waals surface area contributed by atoms with Crippen LogP contribution in [-0.2, 0) is 11.3 Å². The van der Waals surface area contributed by atoms with Crippen molar-refractivity contribution in [1.29, 1.82) is 0 Å². The van der Waals surface area contributed by atoms with Crippen LogP contribution in [0.5, 0.6) is 5.75 Å². The zero-order chi connectivity index (χ0) is 15.5. The highest BCUT2D eigenvalue weighted by atomic mass is 32.1. The molecular formula is C16H19N3O2S. The van der Waals surface area contributed by atoms with Crippen LogP contribution in [0.4, 0.5) is 5.13 Å². The van der Waals surface area contributed by atoms with Gasteiger partial charge < -0.3 is 15.4 Å². The number of carbonyl (C=O) groups is 1. The summed E-state index contributed by atoms with van der Waals surface area (Å²) < 4.78 is 5.73. The minimum absolute atomic E-state index is 0.0954. The number of hydrogen-bond acceptors (Lipinski definition) is 5. The number of hydrogen-bond donors (Lipinski definition) is 2. The molecule has 6 heteroatoms. The van der Waals surface area contributed by atoms with Crippen LogP contribution in [0, 0.1) is 0 Å². The molecule has 22 heavy (non-hydrogen) atoms. The number of fused-ring (bicyclic) bond motifs is 1. The average molecular weight is 317 g/mol. The van der Waals surface area contributed by atoms with Gasteiger partial charge >= 0.3 is 0 Å². The Morgan fingerprint density at radius 3 is 3.14 bits per heavy atom. The van der Waals surface area contributed by atoms with Crippen molar-refractivity contribution in [3.05, 3.63) is 40.9 Å². The first-order valence-electron chi connectivity index (χ1n) is 7.30. The Balaban J connectivity index is 1.58. The number of amides is 1. The predicted molar refractivity (Wildman–Crippen MR) is 87.4 cm³/mol.